The quantitative estimate of drug-likeness (QED) is 0.110. The second-order valence-electron chi connectivity index (χ2n) is 12.3. The van der Waals surface area contributed by atoms with Gasteiger partial charge in [0.15, 0.2) is 0 Å². The van der Waals surface area contributed by atoms with Crippen molar-refractivity contribution in [1.29, 1.82) is 0 Å². The van der Waals surface area contributed by atoms with Gasteiger partial charge in [-0.05, 0) is 55.6 Å². The average molecular weight is 668 g/mol. The number of hydrogen-bond acceptors (Lipinski definition) is 9. The first-order valence-corrected chi connectivity index (χ1v) is 20.3. The molecule has 244 valence electrons. The van der Waals surface area contributed by atoms with Crippen molar-refractivity contribution in [2.75, 3.05) is 22.4 Å². The number of rotatable bonds is 15. The fraction of sp³-hybridized carbons (Fsp3) is 0.355. The predicted molar refractivity (Wildman–Crippen MR) is 177 cm³/mol. The van der Waals surface area contributed by atoms with Gasteiger partial charge in [0.2, 0.25) is 10.0 Å². The SMILES string of the molecule is CCS(=O)(=O)Nc1ccc(-c2nn(COCC[Si](C)(C)C)c(Nc3cnccn3)c2C(N)=O)cc1OC1(c2ccc(F)cc2)CC1. The molecule has 5 rings (SSSR count). The minimum atomic E-state index is -3.67. The number of carbonyl (C=O) groups excluding carboxylic acids is 1. The minimum absolute atomic E-state index is 0.0266. The zero-order chi connectivity index (χ0) is 33.1. The van der Waals surface area contributed by atoms with Crippen molar-refractivity contribution in [3.05, 3.63) is 78.0 Å². The largest absolute Gasteiger partial charge is 0.480 e. The van der Waals surface area contributed by atoms with Gasteiger partial charge in [-0.15, -0.1) is 0 Å². The number of nitrogens with two attached hydrogens (primary N) is 1. The summed E-state index contributed by atoms with van der Waals surface area (Å²) >= 11 is 0. The van der Waals surface area contributed by atoms with Crippen LogP contribution in [-0.2, 0) is 27.1 Å². The number of hydrogen-bond donors (Lipinski definition) is 3. The third-order valence-corrected chi connectivity index (χ3v) is 10.5. The lowest BCUT2D eigenvalue weighted by Crippen LogP contribution is -2.22. The van der Waals surface area contributed by atoms with E-state index < -0.39 is 29.6 Å². The Bertz CT molecular complexity index is 1810. The van der Waals surface area contributed by atoms with Gasteiger partial charge >= 0.3 is 0 Å². The van der Waals surface area contributed by atoms with Crippen LogP contribution in [0.5, 0.6) is 5.75 Å². The van der Waals surface area contributed by atoms with E-state index in [9.17, 15) is 17.6 Å². The van der Waals surface area contributed by atoms with Crippen molar-refractivity contribution in [3.63, 3.8) is 0 Å². The molecular weight excluding hydrogens is 630 g/mol. The number of halogens is 1. The highest BCUT2D eigenvalue weighted by atomic mass is 32.2. The summed E-state index contributed by atoms with van der Waals surface area (Å²) in [6.45, 7) is 8.82. The van der Waals surface area contributed by atoms with Gasteiger partial charge in [0.25, 0.3) is 5.91 Å². The lowest BCUT2D eigenvalue weighted by molar-refractivity contribution is 0.0802. The summed E-state index contributed by atoms with van der Waals surface area (Å²) in [5, 5.41) is 7.84. The molecule has 2 aromatic carbocycles. The van der Waals surface area contributed by atoms with Crippen molar-refractivity contribution in [3.8, 4) is 17.0 Å². The van der Waals surface area contributed by atoms with Gasteiger partial charge in [0.05, 0.1) is 17.6 Å². The van der Waals surface area contributed by atoms with Crippen molar-refractivity contribution in [1.82, 2.24) is 19.7 Å². The molecule has 0 aliphatic heterocycles. The van der Waals surface area contributed by atoms with Gasteiger partial charge in [-0.25, -0.2) is 22.5 Å². The molecule has 0 saturated heterocycles. The standard InChI is InChI=1S/C31H38FN7O5SSi/c1-5-45(41,42)38-24-11-6-21(18-25(24)44-31(12-13-31)22-7-9-23(32)10-8-22)28-27(29(33)40)30(36-26-19-34-14-15-35-26)39(37-28)20-43-16-17-46(2,3)4/h6-11,14-15,18-19,38H,5,12-13,16-17,20H2,1-4H3,(H2,33,40)(H,35,36). The summed E-state index contributed by atoms with van der Waals surface area (Å²) in [6, 6.07) is 11.8. The van der Waals surface area contributed by atoms with E-state index in [1.54, 1.807) is 30.3 Å². The van der Waals surface area contributed by atoms with Gasteiger partial charge in [-0.1, -0.05) is 37.8 Å². The van der Waals surface area contributed by atoms with Crippen LogP contribution in [0.15, 0.2) is 61.1 Å². The van der Waals surface area contributed by atoms with Crippen LogP contribution in [-0.4, -0.2) is 54.5 Å². The molecule has 12 nitrogen and oxygen atoms in total. The van der Waals surface area contributed by atoms with Crippen LogP contribution in [0.2, 0.25) is 25.7 Å². The first kappa shape index (κ1) is 33.0. The van der Waals surface area contributed by atoms with E-state index in [0.29, 0.717) is 30.8 Å². The summed E-state index contributed by atoms with van der Waals surface area (Å²) in [4.78, 5) is 21.4. The third kappa shape index (κ3) is 7.89. The van der Waals surface area contributed by atoms with Crippen LogP contribution in [0, 0.1) is 5.82 Å². The monoisotopic (exact) mass is 667 g/mol. The first-order valence-electron chi connectivity index (χ1n) is 14.9. The summed E-state index contributed by atoms with van der Waals surface area (Å²) in [6.07, 6.45) is 5.82. The van der Waals surface area contributed by atoms with Crippen LogP contribution < -0.4 is 20.5 Å². The number of amides is 1. The fourth-order valence-electron chi connectivity index (χ4n) is 4.74. The smallest absolute Gasteiger partial charge is 0.254 e. The minimum Gasteiger partial charge on any atom is -0.480 e. The second kappa shape index (κ2) is 13.2. The summed E-state index contributed by atoms with van der Waals surface area (Å²) in [7, 11) is -5.03. The summed E-state index contributed by atoms with van der Waals surface area (Å²) < 4.78 is 55.5. The summed E-state index contributed by atoms with van der Waals surface area (Å²) in [5.74, 6) is -0.429. The average Bonchev–Trinajstić information content (AvgIpc) is 3.70. The van der Waals surface area contributed by atoms with E-state index in [0.717, 1.165) is 11.6 Å². The Morgan fingerprint density at radius 3 is 2.48 bits per heavy atom. The lowest BCUT2D eigenvalue weighted by atomic mass is 10.0. The van der Waals surface area contributed by atoms with E-state index >= 15 is 0 Å². The fourth-order valence-corrected chi connectivity index (χ4v) is 6.14. The Hall–Kier alpha value is -4.34. The van der Waals surface area contributed by atoms with Crippen LogP contribution in [0.1, 0.15) is 35.7 Å². The molecule has 4 aromatic rings. The molecule has 0 atom stereocenters. The van der Waals surface area contributed by atoms with Gasteiger partial charge in [-0.2, -0.15) is 5.10 Å². The number of aromatic nitrogens is 4. The van der Waals surface area contributed by atoms with Crippen molar-refractivity contribution >= 4 is 41.3 Å². The number of ether oxygens (including phenoxy) is 2. The highest BCUT2D eigenvalue weighted by molar-refractivity contribution is 7.92. The molecular formula is C31H38FN7O5SSi. The van der Waals surface area contributed by atoms with Crippen LogP contribution in [0.4, 0.5) is 21.7 Å². The molecule has 1 fully saturated rings. The van der Waals surface area contributed by atoms with Crippen molar-refractivity contribution in [2.45, 2.75) is 57.8 Å². The van der Waals surface area contributed by atoms with E-state index in [4.69, 9.17) is 20.3 Å². The van der Waals surface area contributed by atoms with E-state index in [1.807, 2.05) is 0 Å². The molecule has 1 aliphatic rings. The maximum atomic E-state index is 13.7. The second-order valence-corrected chi connectivity index (χ2v) is 20.0. The highest BCUT2D eigenvalue weighted by Gasteiger charge is 2.48. The van der Waals surface area contributed by atoms with Gasteiger partial charge < -0.3 is 20.5 Å². The lowest BCUT2D eigenvalue weighted by Gasteiger charge is -2.22. The predicted octanol–water partition coefficient (Wildman–Crippen LogP) is 5.46. The topological polar surface area (TPSA) is 163 Å². The normalized spacial score (nSPS) is 14.1. The highest BCUT2D eigenvalue weighted by Crippen LogP contribution is 2.51. The van der Waals surface area contributed by atoms with Crippen LogP contribution in [0.3, 0.4) is 0 Å². The molecule has 4 N–H and O–H groups in total. The van der Waals surface area contributed by atoms with E-state index in [-0.39, 0.29) is 46.8 Å². The van der Waals surface area contributed by atoms with Crippen LogP contribution >= 0.6 is 0 Å². The number of nitrogens with zero attached hydrogens (tertiary/aromatic N) is 4. The molecule has 0 bridgehead atoms. The molecule has 46 heavy (non-hydrogen) atoms. The Balaban J connectivity index is 1.58. The Labute approximate surface area is 268 Å². The Morgan fingerprint density at radius 2 is 1.87 bits per heavy atom. The third-order valence-electron chi connectivity index (χ3n) is 7.50. The molecule has 1 aliphatic carbocycles. The molecule has 0 radical (unpaired) electrons. The summed E-state index contributed by atoms with van der Waals surface area (Å²) in [5.41, 5.74) is 6.90. The Kier molecular flexibility index (Phi) is 9.46. The molecule has 0 spiro atoms. The maximum Gasteiger partial charge on any atom is 0.254 e. The molecule has 2 heterocycles. The van der Waals surface area contributed by atoms with Gasteiger partial charge in [0, 0.05) is 32.6 Å². The van der Waals surface area contributed by atoms with E-state index in [1.165, 1.54) is 42.3 Å². The molecule has 15 heteroatoms. The molecule has 1 amide bonds. The maximum absolute atomic E-state index is 13.7. The number of anilines is 3. The van der Waals surface area contributed by atoms with Gasteiger partial charge in [0.1, 0.15) is 46.8 Å². The molecule has 2 aromatic heterocycles. The Morgan fingerprint density at radius 1 is 1.13 bits per heavy atom. The zero-order valence-corrected chi connectivity index (χ0v) is 28.0. The number of sulfonamides is 1. The van der Waals surface area contributed by atoms with Gasteiger partial charge in [-0.3, -0.25) is 14.5 Å². The number of primary amides is 1. The van der Waals surface area contributed by atoms with Crippen molar-refractivity contribution < 1.29 is 27.1 Å². The first-order chi connectivity index (χ1) is 21.8. The molecule has 1 saturated carbocycles. The number of benzene rings is 2. The number of carbonyl (C=O) groups is 1. The van der Waals surface area contributed by atoms with E-state index in [2.05, 4.69) is 39.6 Å². The van der Waals surface area contributed by atoms with Crippen molar-refractivity contribution in [2.24, 2.45) is 5.73 Å². The van der Waals surface area contributed by atoms with Crippen LogP contribution in [0.25, 0.3) is 11.3 Å². The zero-order valence-electron chi connectivity index (χ0n) is 26.2. The number of nitrogens with one attached hydrogen (secondary N) is 2. The molecule has 0 unspecified atom stereocenters.